The maximum Gasteiger partial charge on any atom is 0.149 e. The number of rotatable bonds is 1. The van der Waals surface area contributed by atoms with Crippen LogP contribution in [0.15, 0.2) is 18.2 Å². The van der Waals surface area contributed by atoms with Crippen molar-refractivity contribution in [2.45, 2.75) is 32.6 Å². The smallest absolute Gasteiger partial charge is 0.149 e. The van der Waals surface area contributed by atoms with Crippen LogP contribution in [0.3, 0.4) is 0 Å². The van der Waals surface area contributed by atoms with E-state index in [-0.39, 0.29) is 5.82 Å². The third-order valence-corrected chi connectivity index (χ3v) is 3.60. The van der Waals surface area contributed by atoms with Crippen molar-refractivity contribution in [3.05, 3.63) is 40.8 Å². The zero-order valence-electron chi connectivity index (χ0n) is 10.4. The summed E-state index contributed by atoms with van der Waals surface area (Å²) in [5.74, 6) is 0.430. The van der Waals surface area contributed by atoms with Gasteiger partial charge in [0.2, 0.25) is 0 Å². The summed E-state index contributed by atoms with van der Waals surface area (Å²) in [6, 6.07) is 5.05. The van der Waals surface area contributed by atoms with E-state index >= 15 is 0 Å². The molecule has 0 spiro atoms. The molecular weight excluding hydrogens is 229 g/mol. The normalized spacial score (nSPS) is 14.6. The Bertz CT molecular complexity index is 601. The Kier molecular flexibility index (Phi) is 2.58. The fourth-order valence-corrected chi connectivity index (χ4v) is 2.60. The maximum absolute atomic E-state index is 13.3. The van der Waals surface area contributed by atoms with Crippen molar-refractivity contribution in [2.24, 2.45) is 0 Å². The minimum Gasteiger partial charge on any atom is -0.382 e. The number of hydrogen-bond acceptors (Lipinski definition) is 2. The Balaban J connectivity index is 2.14. The van der Waals surface area contributed by atoms with Gasteiger partial charge in [0.25, 0.3) is 0 Å². The highest BCUT2D eigenvalue weighted by Gasteiger charge is 2.20. The highest BCUT2D eigenvalue weighted by molar-refractivity contribution is 5.48. The van der Waals surface area contributed by atoms with E-state index in [0.717, 1.165) is 24.9 Å². The van der Waals surface area contributed by atoms with E-state index in [2.05, 4.69) is 5.10 Å². The van der Waals surface area contributed by atoms with Crippen molar-refractivity contribution in [1.82, 2.24) is 9.78 Å². The second-order valence-electron chi connectivity index (χ2n) is 4.86. The molecule has 0 radical (unpaired) electrons. The van der Waals surface area contributed by atoms with Gasteiger partial charge in [-0.1, -0.05) is 0 Å². The third-order valence-electron chi connectivity index (χ3n) is 3.60. The average Bonchev–Trinajstić information content (AvgIpc) is 2.71. The van der Waals surface area contributed by atoms with Crippen LogP contribution in [0.2, 0.25) is 0 Å². The molecule has 2 N–H and O–H groups in total. The summed E-state index contributed by atoms with van der Waals surface area (Å²) in [6.07, 6.45) is 4.33. The largest absolute Gasteiger partial charge is 0.382 e. The molecule has 0 unspecified atom stereocenters. The van der Waals surface area contributed by atoms with Crippen LogP contribution in [0.1, 0.15) is 29.7 Å². The van der Waals surface area contributed by atoms with Crippen molar-refractivity contribution >= 4 is 5.82 Å². The Hall–Kier alpha value is -1.84. The second kappa shape index (κ2) is 4.12. The van der Waals surface area contributed by atoms with Gasteiger partial charge >= 0.3 is 0 Å². The lowest BCUT2D eigenvalue weighted by atomic mass is 9.97. The van der Waals surface area contributed by atoms with Gasteiger partial charge in [0.15, 0.2) is 0 Å². The summed E-state index contributed by atoms with van der Waals surface area (Å²) in [5, 5.41) is 4.41. The fourth-order valence-electron chi connectivity index (χ4n) is 2.60. The van der Waals surface area contributed by atoms with Gasteiger partial charge in [0.05, 0.1) is 5.69 Å². The molecule has 94 valence electrons. The molecule has 1 aromatic carbocycles. The minimum absolute atomic E-state index is 0.187. The summed E-state index contributed by atoms with van der Waals surface area (Å²) in [7, 11) is 0. The molecule has 0 aliphatic heterocycles. The van der Waals surface area contributed by atoms with Gasteiger partial charge in [0, 0.05) is 11.3 Å². The van der Waals surface area contributed by atoms with Gasteiger partial charge in [-0.3, -0.25) is 0 Å². The monoisotopic (exact) mass is 245 g/mol. The SMILES string of the molecule is Cc1cc(-n2nc(N)c3c2CCCC3)ccc1F. The molecule has 1 aliphatic carbocycles. The highest BCUT2D eigenvalue weighted by Crippen LogP contribution is 2.28. The quantitative estimate of drug-likeness (QED) is 0.839. The van der Waals surface area contributed by atoms with E-state index in [1.807, 2.05) is 10.7 Å². The van der Waals surface area contributed by atoms with Crippen LogP contribution >= 0.6 is 0 Å². The van der Waals surface area contributed by atoms with E-state index in [1.165, 1.54) is 23.7 Å². The Morgan fingerprint density at radius 1 is 1.28 bits per heavy atom. The van der Waals surface area contributed by atoms with Crippen molar-refractivity contribution < 1.29 is 4.39 Å². The Morgan fingerprint density at radius 3 is 2.83 bits per heavy atom. The third kappa shape index (κ3) is 1.68. The molecule has 0 amide bonds. The van der Waals surface area contributed by atoms with Crippen LogP contribution < -0.4 is 5.73 Å². The maximum atomic E-state index is 13.3. The van der Waals surface area contributed by atoms with Gasteiger partial charge in [-0.05, 0) is 56.4 Å². The van der Waals surface area contributed by atoms with Gasteiger partial charge < -0.3 is 5.73 Å². The van der Waals surface area contributed by atoms with Crippen molar-refractivity contribution in [2.75, 3.05) is 5.73 Å². The van der Waals surface area contributed by atoms with E-state index in [0.29, 0.717) is 11.4 Å². The standard InChI is InChI=1S/C14H16FN3/c1-9-8-10(6-7-12(9)15)18-13-5-3-2-4-11(13)14(16)17-18/h6-8H,2-5H2,1H3,(H2,16,17). The van der Waals surface area contributed by atoms with Crippen LogP contribution in [0, 0.1) is 12.7 Å². The summed E-state index contributed by atoms with van der Waals surface area (Å²) >= 11 is 0. The van der Waals surface area contributed by atoms with Crippen LogP contribution in [-0.4, -0.2) is 9.78 Å². The number of aromatic nitrogens is 2. The summed E-state index contributed by atoms with van der Waals surface area (Å²) in [5.41, 5.74) is 9.84. The molecule has 0 atom stereocenters. The summed E-state index contributed by atoms with van der Waals surface area (Å²) in [4.78, 5) is 0. The van der Waals surface area contributed by atoms with E-state index in [1.54, 1.807) is 13.0 Å². The van der Waals surface area contributed by atoms with E-state index in [9.17, 15) is 4.39 Å². The first-order chi connectivity index (χ1) is 8.66. The lowest BCUT2D eigenvalue weighted by Gasteiger charge is -2.14. The minimum atomic E-state index is -0.187. The number of nitrogen functional groups attached to an aromatic ring is 1. The molecule has 0 saturated heterocycles. The molecule has 3 nitrogen and oxygen atoms in total. The number of hydrogen-bond donors (Lipinski definition) is 1. The van der Waals surface area contributed by atoms with E-state index in [4.69, 9.17) is 5.73 Å². The van der Waals surface area contributed by atoms with Gasteiger partial charge in [-0.25, -0.2) is 9.07 Å². The Labute approximate surface area is 105 Å². The second-order valence-corrected chi connectivity index (χ2v) is 4.86. The zero-order valence-corrected chi connectivity index (χ0v) is 10.4. The molecule has 0 fully saturated rings. The topological polar surface area (TPSA) is 43.8 Å². The molecule has 2 aromatic rings. The molecule has 0 saturated carbocycles. The predicted molar refractivity (Wildman–Crippen MR) is 69.3 cm³/mol. The fraction of sp³-hybridized carbons (Fsp3) is 0.357. The molecule has 18 heavy (non-hydrogen) atoms. The number of halogens is 1. The number of nitrogens with zero attached hydrogens (tertiary/aromatic N) is 2. The number of aryl methyl sites for hydroxylation is 1. The first kappa shape index (κ1) is 11.3. The first-order valence-electron chi connectivity index (χ1n) is 6.29. The molecule has 0 bridgehead atoms. The van der Waals surface area contributed by atoms with Crippen LogP contribution in [0.25, 0.3) is 5.69 Å². The molecular formula is C14H16FN3. The molecule has 1 aliphatic rings. The van der Waals surface area contributed by atoms with Crippen LogP contribution in [-0.2, 0) is 12.8 Å². The molecule has 3 rings (SSSR count). The molecule has 1 aromatic heterocycles. The molecule has 4 heteroatoms. The Morgan fingerprint density at radius 2 is 2.06 bits per heavy atom. The number of fused-ring (bicyclic) bond motifs is 1. The number of nitrogens with two attached hydrogens (primary N) is 1. The van der Waals surface area contributed by atoms with Crippen molar-refractivity contribution in [3.8, 4) is 5.69 Å². The zero-order chi connectivity index (χ0) is 12.7. The van der Waals surface area contributed by atoms with Gasteiger partial charge in [0.1, 0.15) is 11.6 Å². The number of benzene rings is 1. The average molecular weight is 245 g/mol. The first-order valence-corrected chi connectivity index (χ1v) is 6.29. The van der Waals surface area contributed by atoms with Gasteiger partial charge in [-0.15, -0.1) is 0 Å². The highest BCUT2D eigenvalue weighted by atomic mass is 19.1. The molecule has 1 heterocycles. The van der Waals surface area contributed by atoms with Crippen molar-refractivity contribution in [3.63, 3.8) is 0 Å². The number of anilines is 1. The van der Waals surface area contributed by atoms with Crippen LogP contribution in [0.4, 0.5) is 10.2 Å². The lowest BCUT2D eigenvalue weighted by Crippen LogP contribution is -2.08. The van der Waals surface area contributed by atoms with Gasteiger partial charge in [-0.2, -0.15) is 5.10 Å². The summed E-state index contributed by atoms with van der Waals surface area (Å²) in [6.45, 7) is 1.76. The predicted octanol–water partition coefficient (Wildman–Crippen LogP) is 2.78. The van der Waals surface area contributed by atoms with Crippen molar-refractivity contribution in [1.29, 1.82) is 0 Å². The lowest BCUT2D eigenvalue weighted by molar-refractivity contribution is 0.616. The van der Waals surface area contributed by atoms with Crippen LogP contribution in [0.5, 0.6) is 0 Å². The van der Waals surface area contributed by atoms with E-state index < -0.39 is 0 Å². The summed E-state index contributed by atoms with van der Waals surface area (Å²) < 4.78 is 15.2.